The normalized spacial score (nSPS) is 13.9. The summed E-state index contributed by atoms with van der Waals surface area (Å²) in [6.45, 7) is 4.97. The molecule has 0 fully saturated rings. The number of hydrogen-bond acceptors (Lipinski definition) is 6. The number of aliphatic hydroxyl groups is 2. The lowest BCUT2D eigenvalue weighted by atomic mass is 9.82. The fourth-order valence-corrected chi connectivity index (χ4v) is 6.73. The Bertz CT molecular complexity index is 2110. The molecule has 7 heteroatoms. The van der Waals surface area contributed by atoms with Gasteiger partial charge in [-0.15, -0.1) is 11.3 Å². The number of thiophene rings is 1. The molecule has 0 saturated heterocycles. The van der Waals surface area contributed by atoms with E-state index in [1.54, 1.807) is 32.1 Å². The van der Waals surface area contributed by atoms with Crippen LogP contribution in [-0.2, 0) is 6.42 Å². The summed E-state index contributed by atoms with van der Waals surface area (Å²) < 4.78 is 8.28. The van der Waals surface area contributed by atoms with Crippen LogP contribution in [-0.4, -0.2) is 39.2 Å². The number of benzene rings is 4. The molecule has 0 amide bonds. The predicted octanol–water partition coefficient (Wildman–Crippen LogP) is 6.40. The number of hydrogen-bond donors (Lipinski definition) is 2. The van der Waals surface area contributed by atoms with Gasteiger partial charge in [0.05, 0.1) is 27.1 Å². The zero-order valence-corrected chi connectivity index (χ0v) is 24.2. The highest BCUT2D eigenvalue weighted by Crippen LogP contribution is 2.43. The monoisotopic (exact) mass is 556 g/mol. The van der Waals surface area contributed by atoms with Crippen molar-refractivity contribution in [3.05, 3.63) is 90.5 Å². The van der Waals surface area contributed by atoms with Gasteiger partial charge in [-0.05, 0) is 44.5 Å². The lowest BCUT2D eigenvalue weighted by Gasteiger charge is -2.36. The number of rotatable bonds is 5. The van der Waals surface area contributed by atoms with Gasteiger partial charge < -0.3 is 14.6 Å². The maximum absolute atomic E-state index is 11.3. The average Bonchev–Trinajstić information content (AvgIpc) is 3.51. The Morgan fingerprint density at radius 2 is 1.61 bits per heavy atom. The molecule has 0 aliphatic rings. The molecular formula is C34H29BN2O3S. The van der Waals surface area contributed by atoms with Crippen LogP contribution in [0.3, 0.4) is 0 Å². The first kappa shape index (κ1) is 25.9. The molecule has 1 atom stereocenters. The topological polar surface area (TPSA) is 79.4 Å². The van der Waals surface area contributed by atoms with Gasteiger partial charge >= 0.3 is 0 Å². The maximum atomic E-state index is 11.3. The summed E-state index contributed by atoms with van der Waals surface area (Å²) in [7, 11) is 2.08. The van der Waals surface area contributed by atoms with Crippen LogP contribution in [0.4, 0.5) is 0 Å². The van der Waals surface area contributed by atoms with Crippen molar-refractivity contribution in [3.63, 3.8) is 0 Å². The number of furan rings is 1. The van der Waals surface area contributed by atoms with Gasteiger partial charge in [0.15, 0.2) is 5.82 Å². The van der Waals surface area contributed by atoms with E-state index in [0.717, 1.165) is 70.1 Å². The molecule has 202 valence electrons. The highest BCUT2D eigenvalue weighted by atomic mass is 32.1. The molecule has 4 aromatic carbocycles. The Morgan fingerprint density at radius 1 is 0.829 bits per heavy atom. The highest BCUT2D eigenvalue weighted by Gasteiger charge is 2.38. The molecule has 0 radical (unpaired) electrons. The standard InChI is InChI=1S/C34H29BN2O3S/c1-33(2,38)34(3,39)18-20-11-7-14-26-27(20)30-31(41-26)29(19-9-5-4-6-10-19)36-32(37-30)22-12-8-13-25-28(22)23-17-21(35)15-16-24(23)40-25/h4-17,38-39H,18,35H2,1-3H3. The predicted molar refractivity (Wildman–Crippen MR) is 172 cm³/mol. The molecular weight excluding hydrogens is 527 g/mol. The van der Waals surface area contributed by atoms with Gasteiger partial charge in [-0.1, -0.05) is 72.2 Å². The van der Waals surface area contributed by atoms with Crippen molar-refractivity contribution < 1.29 is 14.6 Å². The smallest absolute Gasteiger partial charge is 0.161 e. The van der Waals surface area contributed by atoms with Crippen molar-refractivity contribution in [2.24, 2.45) is 0 Å². The van der Waals surface area contributed by atoms with Gasteiger partial charge in [0.25, 0.3) is 0 Å². The first-order valence-electron chi connectivity index (χ1n) is 13.8. The Kier molecular flexibility index (Phi) is 5.84. The molecule has 7 aromatic rings. The third kappa shape index (κ3) is 4.24. The Balaban J connectivity index is 1.57. The second-order valence-electron chi connectivity index (χ2n) is 11.6. The summed E-state index contributed by atoms with van der Waals surface area (Å²) in [6, 6.07) is 28.6. The van der Waals surface area contributed by atoms with E-state index in [2.05, 4.69) is 44.2 Å². The van der Waals surface area contributed by atoms with E-state index in [1.807, 2.05) is 48.5 Å². The molecule has 0 aliphatic carbocycles. The minimum atomic E-state index is -1.34. The molecule has 0 saturated carbocycles. The van der Waals surface area contributed by atoms with Crippen LogP contribution in [0.15, 0.2) is 89.3 Å². The average molecular weight is 556 g/mol. The second kappa shape index (κ2) is 9.24. The fraction of sp³-hybridized carbons (Fsp3) is 0.176. The third-order valence-electron chi connectivity index (χ3n) is 8.22. The Labute approximate surface area is 242 Å². The van der Waals surface area contributed by atoms with Gasteiger partial charge in [0.1, 0.15) is 19.0 Å². The number of fused-ring (bicyclic) bond motifs is 6. The van der Waals surface area contributed by atoms with E-state index in [-0.39, 0.29) is 6.42 Å². The third-order valence-corrected chi connectivity index (χ3v) is 9.37. The molecule has 3 aromatic heterocycles. The zero-order valence-electron chi connectivity index (χ0n) is 23.4. The van der Waals surface area contributed by atoms with Crippen LogP contribution >= 0.6 is 11.3 Å². The van der Waals surface area contributed by atoms with Gasteiger partial charge in [0, 0.05) is 38.4 Å². The largest absolute Gasteiger partial charge is 0.456 e. The van der Waals surface area contributed by atoms with Crippen LogP contribution in [0.1, 0.15) is 26.3 Å². The molecule has 0 bridgehead atoms. The first-order chi connectivity index (χ1) is 19.6. The maximum Gasteiger partial charge on any atom is 0.161 e. The van der Waals surface area contributed by atoms with Crippen LogP contribution in [0.5, 0.6) is 0 Å². The lowest BCUT2D eigenvalue weighted by molar-refractivity contribution is -0.118. The quantitative estimate of drug-likeness (QED) is 0.240. The summed E-state index contributed by atoms with van der Waals surface area (Å²) in [4.78, 5) is 10.5. The summed E-state index contributed by atoms with van der Waals surface area (Å²) in [5.74, 6) is 0.620. The van der Waals surface area contributed by atoms with E-state index in [1.165, 1.54) is 0 Å². The van der Waals surface area contributed by atoms with E-state index in [9.17, 15) is 10.2 Å². The summed E-state index contributed by atoms with van der Waals surface area (Å²) >= 11 is 1.66. The van der Waals surface area contributed by atoms with Crippen LogP contribution in [0, 0.1) is 0 Å². The van der Waals surface area contributed by atoms with Crippen molar-refractivity contribution in [3.8, 4) is 22.6 Å². The van der Waals surface area contributed by atoms with Crippen molar-refractivity contribution >= 4 is 66.9 Å². The van der Waals surface area contributed by atoms with Gasteiger partial charge in [-0.3, -0.25) is 0 Å². The van der Waals surface area contributed by atoms with Gasteiger partial charge in [-0.25, -0.2) is 9.97 Å². The molecule has 7 rings (SSSR count). The van der Waals surface area contributed by atoms with Crippen LogP contribution < -0.4 is 5.46 Å². The fourth-order valence-electron chi connectivity index (χ4n) is 5.53. The van der Waals surface area contributed by atoms with E-state index in [4.69, 9.17) is 14.4 Å². The summed E-state index contributed by atoms with van der Waals surface area (Å²) in [6.07, 6.45) is 0.279. The van der Waals surface area contributed by atoms with E-state index in [0.29, 0.717) is 5.82 Å². The van der Waals surface area contributed by atoms with Gasteiger partial charge in [-0.2, -0.15) is 0 Å². The summed E-state index contributed by atoms with van der Waals surface area (Å²) in [5, 5.41) is 25.0. The van der Waals surface area contributed by atoms with Gasteiger partial charge in [0.2, 0.25) is 0 Å². The Morgan fingerprint density at radius 3 is 2.39 bits per heavy atom. The minimum Gasteiger partial charge on any atom is -0.456 e. The SMILES string of the molecule is Bc1ccc2oc3cccc(-c4nc(-c5ccccc5)c5sc6cccc(CC(C)(O)C(C)(C)O)c6c5n4)c3c2c1. The van der Waals surface area contributed by atoms with E-state index < -0.39 is 11.2 Å². The van der Waals surface area contributed by atoms with Crippen molar-refractivity contribution in [1.82, 2.24) is 9.97 Å². The van der Waals surface area contributed by atoms with Crippen molar-refractivity contribution in [2.45, 2.75) is 38.4 Å². The Hall–Kier alpha value is -4.04. The molecule has 3 heterocycles. The van der Waals surface area contributed by atoms with E-state index >= 15 is 0 Å². The van der Waals surface area contributed by atoms with Crippen molar-refractivity contribution in [2.75, 3.05) is 0 Å². The van der Waals surface area contributed by atoms with Crippen LogP contribution in [0.25, 0.3) is 64.9 Å². The molecule has 2 N–H and O–H groups in total. The molecule has 5 nitrogen and oxygen atoms in total. The van der Waals surface area contributed by atoms with Crippen LogP contribution in [0.2, 0.25) is 0 Å². The van der Waals surface area contributed by atoms with Crippen molar-refractivity contribution in [1.29, 1.82) is 0 Å². The zero-order chi connectivity index (χ0) is 28.5. The number of nitrogens with zero attached hydrogens (tertiary/aromatic N) is 2. The molecule has 1 unspecified atom stereocenters. The molecule has 0 aliphatic heterocycles. The first-order valence-corrected chi connectivity index (χ1v) is 14.6. The molecule has 0 spiro atoms. The number of aromatic nitrogens is 2. The second-order valence-corrected chi connectivity index (χ2v) is 12.7. The lowest BCUT2D eigenvalue weighted by Crippen LogP contribution is -2.49. The summed E-state index contributed by atoms with van der Waals surface area (Å²) in [5.41, 5.74) is 4.73. The highest BCUT2D eigenvalue weighted by molar-refractivity contribution is 7.26. The molecule has 41 heavy (non-hydrogen) atoms. The minimum absolute atomic E-state index is 0.279.